The van der Waals surface area contributed by atoms with Gasteiger partial charge in [0.1, 0.15) is 17.7 Å². The molecule has 6 nitrogen and oxygen atoms in total. The molecule has 2 aromatic rings. The summed E-state index contributed by atoms with van der Waals surface area (Å²) in [4.78, 5) is 19.2. The summed E-state index contributed by atoms with van der Waals surface area (Å²) in [5.74, 6) is 1.77. The fourth-order valence-corrected chi connectivity index (χ4v) is 4.89. The highest BCUT2D eigenvalue weighted by molar-refractivity contribution is 5.98. The maximum atomic E-state index is 11.9. The minimum atomic E-state index is -0.0215. The van der Waals surface area contributed by atoms with Gasteiger partial charge >= 0.3 is 0 Å². The molecule has 3 atom stereocenters. The predicted octanol–water partition coefficient (Wildman–Crippen LogP) is 3.08. The molecule has 3 aliphatic rings. The van der Waals surface area contributed by atoms with Gasteiger partial charge in [-0.1, -0.05) is 6.07 Å². The van der Waals surface area contributed by atoms with Gasteiger partial charge in [-0.05, 0) is 49.6 Å². The summed E-state index contributed by atoms with van der Waals surface area (Å²) in [7, 11) is 0. The molecule has 1 N–H and O–H groups in total. The van der Waals surface area contributed by atoms with E-state index in [-0.39, 0.29) is 12.0 Å². The Balaban J connectivity index is 1.37. The monoisotopic (exact) mass is 374 g/mol. The van der Waals surface area contributed by atoms with Crippen molar-refractivity contribution in [3.05, 3.63) is 52.7 Å². The summed E-state index contributed by atoms with van der Waals surface area (Å²) in [6.45, 7) is 2.56. The Kier molecular flexibility index (Phi) is 3.97. The van der Waals surface area contributed by atoms with Crippen molar-refractivity contribution in [2.75, 3.05) is 4.90 Å². The second-order valence-corrected chi connectivity index (χ2v) is 7.95. The van der Waals surface area contributed by atoms with E-state index in [4.69, 9.17) is 15.0 Å². The number of piperidine rings is 1. The zero-order chi connectivity index (χ0) is 19.3. The van der Waals surface area contributed by atoms with E-state index in [2.05, 4.69) is 16.3 Å². The van der Waals surface area contributed by atoms with Gasteiger partial charge in [0.05, 0.1) is 29.4 Å². The highest BCUT2D eigenvalue weighted by Crippen LogP contribution is 2.41. The topological polar surface area (TPSA) is 78.2 Å². The number of nitriles is 1. The van der Waals surface area contributed by atoms with Crippen LogP contribution >= 0.6 is 0 Å². The zero-order valence-corrected chi connectivity index (χ0v) is 15.8. The number of fused-ring (bicyclic) bond motifs is 3. The summed E-state index contributed by atoms with van der Waals surface area (Å²) in [6, 6.07) is 12.3. The van der Waals surface area contributed by atoms with Crippen LogP contribution in [0.5, 0.6) is 5.75 Å². The normalized spacial score (nSPS) is 25.2. The fraction of sp³-hybridized carbons (Fsp3) is 0.409. The van der Waals surface area contributed by atoms with Crippen LogP contribution in [0.25, 0.3) is 0 Å². The number of carbonyl (C=O) groups is 1. The molecule has 0 spiro atoms. The zero-order valence-electron chi connectivity index (χ0n) is 15.8. The Labute approximate surface area is 164 Å². The van der Waals surface area contributed by atoms with Crippen LogP contribution in [-0.2, 0) is 6.54 Å². The number of aromatic nitrogens is 1. The van der Waals surface area contributed by atoms with Gasteiger partial charge in [0.25, 0.3) is 5.91 Å². The van der Waals surface area contributed by atoms with Gasteiger partial charge in [0, 0.05) is 24.9 Å². The van der Waals surface area contributed by atoms with E-state index in [1.54, 1.807) is 6.07 Å². The van der Waals surface area contributed by atoms with E-state index in [0.29, 0.717) is 29.8 Å². The van der Waals surface area contributed by atoms with E-state index in [0.717, 1.165) is 48.5 Å². The van der Waals surface area contributed by atoms with Crippen LogP contribution in [0.2, 0.25) is 0 Å². The molecule has 142 valence electrons. The van der Waals surface area contributed by atoms with Crippen molar-refractivity contribution in [1.29, 1.82) is 5.26 Å². The molecular weight excluding hydrogens is 352 g/mol. The van der Waals surface area contributed by atoms with Crippen molar-refractivity contribution in [1.82, 2.24) is 10.3 Å². The molecule has 5 rings (SSSR count). The van der Waals surface area contributed by atoms with Crippen molar-refractivity contribution >= 4 is 11.7 Å². The predicted molar refractivity (Wildman–Crippen MR) is 104 cm³/mol. The summed E-state index contributed by atoms with van der Waals surface area (Å²) >= 11 is 0. The lowest BCUT2D eigenvalue weighted by Crippen LogP contribution is -2.47. The third-order valence-electron chi connectivity index (χ3n) is 6.13. The molecule has 0 aliphatic carbocycles. The van der Waals surface area contributed by atoms with Gasteiger partial charge in [-0.15, -0.1) is 0 Å². The third-order valence-corrected chi connectivity index (χ3v) is 6.13. The molecule has 0 saturated carbocycles. The molecule has 2 bridgehead atoms. The lowest BCUT2D eigenvalue weighted by atomic mass is 9.98. The Morgan fingerprint density at radius 3 is 2.79 bits per heavy atom. The number of amides is 1. The number of nitrogens with zero attached hydrogens (tertiary/aromatic N) is 3. The first-order valence-electron chi connectivity index (χ1n) is 9.86. The van der Waals surface area contributed by atoms with Gasteiger partial charge in [-0.2, -0.15) is 5.26 Å². The van der Waals surface area contributed by atoms with Crippen LogP contribution in [0.1, 0.15) is 52.9 Å². The smallest absolute Gasteiger partial charge is 0.253 e. The average molecular weight is 374 g/mol. The van der Waals surface area contributed by atoms with Crippen molar-refractivity contribution in [2.24, 2.45) is 0 Å². The first-order valence-corrected chi connectivity index (χ1v) is 9.86. The first-order chi connectivity index (χ1) is 13.6. The van der Waals surface area contributed by atoms with Crippen LogP contribution in [0.3, 0.4) is 0 Å². The highest BCUT2D eigenvalue weighted by atomic mass is 16.5. The maximum Gasteiger partial charge on any atom is 0.253 e. The summed E-state index contributed by atoms with van der Waals surface area (Å²) in [5.41, 5.74) is 3.26. The summed E-state index contributed by atoms with van der Waals surface area (Å²) in [5, 5.41) is 11.9. The van der Waals surface area contributed by atoms with Gasteiger partial charge in [0.15, 0.2) is 0 Å². The van der Waals surface area contributed by atoms with Crippen LogP contribution in [0.15, 0.2) is 30.3 Å². The van der Waals surface area contributed by atoms with Crippen LogP contribution in [0.4, 0.5) is 5.82 Å². The van der Waals surface area contributed by atoms with Gasteiger partial charge in [-0.3, -0.25) is 4.79 Å². The molecular formula is C22H22N4O2. The van der Waals surface area contributed by atoms with Crippen molar-refractivity contribution < 1.29 is 9.53 Å². The minimum absolute atomic E-state index is 0.0215. The molecule has 1 unspecified atom stereocenters. The van der Waals surface area contributed by atoms with Crippen molar-refractivity contribution in [3.8, 4) is 11.8 Å². The number of carbonyl (C=O) groups excluding carboxylic acids is 1. The fourth-order valence-electron chi connectivity index (χ4n) is 4.89. The minimum Gasteiger partial charge on any atom is -0.490 e. The molecule has 2 fully saturated rings. The lowest BCUT2D eigenvalue weighted by Gasteiger charge is -2.40. The van der Waals surface area contributed by atoms with E-state index in [9.17, 15) is 4.79 Å². The van der Waals surface area contributed by atoms with E-state index >= 15 is 0 Å². The molecule has 4 heterocycles. The van der Waals surface area contributed by atoms with Crippen molar-refractivity contribution in [2.45, 2.75) is 57.3 Å². The van der Waals surface area contributed by atoms with E-state index in [1.165, 1.54) is 0 Å². The highest BCUT2D eigenvalue weighted by Gasteiger charge is 2.43. The second kappa shape index (κ2) is 6.52. The summed E-state index contributed by atoms with van der Waals surface area (Å²) < 4.78 is 6.23. The third kappa shape index (κ3) is 2.78. The summed E-state index contributed by atoms with van der Waals surface area (Å²) in [6.07, 6.45) is 4.32. The average Bonchev–Trinajstić information content (AvgIpc) is 3.18. The largest absolute Gasteiger partial charge is 0.490 e. The molecule has 28 heavy (non-hydrogen) atoms. The number of nitrogens with one attached hydrogen (secondary N) is 1. The quantitative estimate of drug-likeness (QED) is 0.893. The Bertz CT molecular complexity index is 983. The molecule has 1 amide bonds. The van der Waals surface area contributed by atoms with Crippen molar-refractivity contribution in [3.63, 3.8) is 0 Å². The number of aryl methyl sites for hydroxylation is 1. The molecule has 1 aromatic heterocycles. The molecule has 6 heteroatoms. The van der Waals surface area contributed by atoms with Gasteiger partial charge in [-0.25, -0.2) is 4.98 Å². The number of hydrogen-bond donors (Lipinski definition) is 1. The Morgan fingerprint density at radius 1 is 1.25 bits per heavy atom. The number of hydrogen-bond acceptors (Lipinski definition) is 5. The lowest BCUT2D eigenvalue weighted by molar-refractivity contribution is 0.0965. The van der Waals surface area contributed by atoms with Gasteiger partial charge < -0.3 is 15.0 Å². The van der Waals surface area contributed by atoms with E-state index < -0.39 is 0 Å². The van der Waals surface area contributed by atoms with Crippen LogP contribution in [0, 0.1) is 18.3 Å². The Hall–Kier alpha value is -3.07. The molecule has 1 aromatic carbocycles. The molecule has 2 saturated heterocycles. The van der Waals surface area contributed by atoms with E-state index in [1.807, 2.05) is 31.2 Å². The number of anilines is 1. The van der Waals surface area contributed by atoms with Crippen LogP contribution in [-0.4, -0.2) is 29.1 Å². The molecule has 3 aliphatic heterocycles. The standard InChI is InChI=1S/C22H22N4O2/c1-13-7-19-20(12-24-22(19)27)25-21(13)26-15-5-6-16(26)10-18(9-15)28-17-4-2-3-14(8-17)11-23/h2-4,7-8,15-16,18H,5-6,9-10,12H2,1H3,(H,24,27)/t15-,16+,18?. The Morgan fingerprint density at radius 2 is 2.04 bits per heavy atom. The second-order valence-electron chi connectivity index (χ2n) is 7.95. The number of rotatable bonds is 3. The number of benzene rings is 1. The SMILES string of the molecule is Cc1cc2c(nc1N1[C@@H]3CC[C@H]1CC(Oc1cccc(C#N)c1)C3)CNC2=O. The number of pyridine rings is 1. The van der Waals surface area contributed by atoms with Crippen LogP contribution < -0.4 is 15.0 Å². The van der Waals surface area contributed by atoms with Gasteiger partial charge in [0.2, 0.25) is 0 Å². The molecule has 0 radical (unpaired) electrons. The number of ether oxygens (including phenoxy) is 1. The first kappa shape index (κ1) is 17.1. The maximum absolute atomic E-state index is 11.9.